The lowest BCUT2D eigenvalue weighted by atomic mass is 10.3. The van der Waals surface area contributed by atoms with E-state index in [1.54, 1.807) is 13.3 Å². The molecule has 0 unspecified atom stereocenters. The van der Waals surface area contributed by atoms with Crippen LogP contribution < -0.4 is 5.32 Å². The lowest BCUT2D eigenvalue weighted by Gasteiger charge is -2.11. The molecule has 0 aliphatic carbocycles. The molecule has 1 aromatic carbocycles. The summed E-state index contributed by atoms with van der Waals surface area (Å²) in [5, 5.41) is 3.36. The summed E-state index contributed by atoms with van der Waals surface area (Å²) in [6.45, 7) is 2.43. The molecule has 0 saturated heterocycles. The molecule has 2 aromatic heterocycles. The second kappa shape index (κ2) is 6.99. The molecule has 0 fully saturated rings. The van der Waals surface area contributed by atoms with Crippen LogP contribution in [0.4, 0.5) is 5.95 Å². The number of hydrogen-bond acceptors (Lipinski definition) is 4. The number of para-hydroxylation sites is 2. The molecule has 118 valence electrons. The third-order valence-electron chi connectivity index (χ3n) is 3.64. The Kier molecular flexibility index (Phi) is 4.60. The Morgan fingerprint density at radius 3 is 3.04 bits per heavy atom. The van der Waals surface area contributed by atoms with Gasteiger partial charge in [0.1, 0.15) is 5.82 Å². The Morgan fingerprint density at radius 2 is 2.22 bits per heavy atom. The molecule has 0 spiro atoms. The van der Waals surface area contributed by atoms with E-state index in [0.717, 1.165) is 29.4 Å². The molecule has 3 aromatic rings. The molecule has 6 heteroatoms. The topological polar surface area (TPSA) is 56.9 Å². The fourth-order valence-corrected chi connectivity index (χ4v) is 2.53. The Bertz CT molecular complexity index is 827. The van der Waals surface area contributed by atoms with Gasteiger partial charge >= 0.3 is 0 Å². The SMILES string of the molecule is C#CCn1ccnc1CNc1nc2ccccc2n1CCOC. The molecular weight excluding hydrogens is 290 g/mol. The molecule has 0 amide bonds. The summed E-state index contributed by atoms with van der Waals surface area (Å²) in [6, 6.07) is 8.06. The smallest absolute Gasteiger partial charge is 0.204 e. The summed E-state index contributed by atoms with van der Waals surface area (Å²) in [5.74, 6) is 4.31. The summed E-state index contributed by atoms with van der Waals surface area (Å²) in [7, 11) is 1.70. The van der Waals surface area contributed by atoms with E-state index in [9.17, 15) is 0 Å². The first-order valence-electron chi connectivity index (χ1n) is 7.45. The molecule has 0 aliphatic rings. The fraction of sp³-hybridized carbons (Fsp3) is 0.294. The first kappa shape index (κ1) is 15.1. The number of methoxy groups -OCH3 is 1. The lowest BCUT2D eigenvalue weighted by molar-refractivity contribution is 0.188. The van der Waals surface area contributed by atoms with Crippen molar-refractivity contribution in [3.63, 3.8) is 0 Å². The number of nitrogens with zero attached hydrogens (tertiary/aromatic N) is 4. The average molecular weight is 309 g/mol. The standard InChI is InChI=1S/C17H19N5O/c1-3-9-21-10-8-18-16(21)13-19-17-20-14-6-4-5-7-15(14)22(17)11-12-23-2/h1,4-8,10H,9,11-13H2,2H3,(H,19,20). The number of rotatable bonds is 7. The second-order valence-electron chi connectivity index (χ2n) is 5.10. The van der Waals surface area contributed by atoms with Gasteiger partial charge in [0.15, 0.2) is 0 Å². The molecule has 0 aliphatic heterocycles. The van der Waals surface area contributed by atoms with Crippen molar-refractivity contribution in [3.8, 4) is 12.3 Å². The van der Waals surface area contributed by atoms with E-state index in [1.165, 1.54) is 0 Å². The van der Waals surface area contributed by atoms with Crippen molar-refractivity contribution in [1.29, 1.82) is 0 Å². The Labute approximate surface area is 135 Å². The molecule has 3 rings (SSSR count). The summed E-state index contributed by atoms with van der Waals surface area (Å²) < 4.78 is 9.26. The highest BCUT2D eigenvalue weighted by atomic mass is 16.5. The zero-order valence-corrected chi connectivity index (χ0v) is 13.1. The predicted molar refractivity (Wildman–Crippen MR) is 90.0 cm³/mol. The summed E-state index contributed by atoms with van der Waals surface area (Å²) in [6.07, 6.45) is 9.01. The van der Waals surface area contributed by atoms with Crippen LogP contribution in [0.15, 0.2) is 36.7 Å². The minimum Gasteiger partial charge on any atom is -0.383 e. The van der Waals surface area contributed by atoms with Gasteiger partial charge in [-0.3, -0.25) is 0 Å². The van der Waals surface area contributed by atoms with Crippen molar-refractivity contribution >= 4 is 17.0 Å². The Morgan fingerprint density at radius 1 is 1.35 bits per heavy atom. The third kappa shape index (κ3) is 3.20. The van der Waals surface area contributed by atoms with Crippen LogP contribution in [0, 0.1) is 12.3 Å². The number of fused-ring (bicyclic) bond motifs is 1. The van der Waals surface area contributed by atoms with Crippen molar-refractivity contribution in [3.05, 3.63) is 42.5 Å². The van der Waals surface area contributed by atoms with Gasteiger partial charge in [-0.25, -0.2) is 9.97 Å². The molecule has 1 N–H and O–H groups in total. The summed E-state index contributed by atoms with van der Waals surface area (Å²) in [4.78, 5) is 9.00. The van der Waals surface area contributed by atoms with Gasteiger partial charge in [0, 0.05) is 26.0 Å². The highest BCUT2D eigenvalue weighted by molar-refractivity contribution is 5.78. The number of imidazole rings is 2. The van der Waals surface area contributed by atoms with Gasteiger partial charge in [0.05, 0.1) is 30.7 Å². The van der Waals surface area contributed by atoms with Crippen LogP contribution in [0.25, 0.3) is 11.0 Å². The van der Waals surface area contributed by atoms with Gasteiger partial charge in [-0.2, -0.15) is 0 Å². The first-order valence-corrected chi connectivity index (χ1v) is 7.45. The minimum atomic E-state index is 0.511. The van der Waals surface area contributed by atoms with Crippen molar-refractivity contribution in [2.24, 2.45) is 0 Å². The largest absolute Gasteiger partial charge is 0.383 e. The molecule has 2 heterocycles. The molecule has 0 radical (unpaired) electrons. The summed E-state index contributed by atoms with van der Waals surface area (Å²) >= 11 is 0. The van der Waals surface area contributed by atoms with E-state index in [1.807, 2.05) is 29.0 Å². The van der Waals surface area contributed by atoms with E-state index in [4.69, 9.17) is 11.2 Å². The number of anilines is 1. The first-order chi connectivity index (χ1) is 11.3. The van der Waals surface area contributed by atoms with Crippen LogP contribution in [0.2, 0.25) is 0 Å². The molecule has 0 saturated carbocycles. The van der Waals surface area contributed by atoms with Crippen LogP contribution in [0.3, 0.4) is 0 Å². The minimum absolute atomic E-state index is 0.511. The molecule has 0 atom stereocenters. The van der Waals surface area contributed by atoms with Crippen molar-refractivity contribution in [1.82, 2.24) is 19.1 Å². The maximum atomic E-state index is 5.38. The van der Waals surface area contributed by atoms with Gasteiger partial charge < -0.3 is 19.2 Å². The van der Waals surface area contributed by atoms with Crippen LogP contribution >= 0.6 is 0 Å². The molecule has 6 nitrogen and oxygen atoms in total. The van der Waals surface area contributed by atoms with Gasteiger partial charge in [-0.05, 0) is 12.1 Å². The maximum Gasteiger partial charge on any atom is 0.204 e. The van der Waals surface area contributed by atoms with Gasteiger partial charge in [-0.1, -0.05) is 18.1 Å². The molecule has 0 bridgehead atoms. The predicted octanol–water partition coefficient (Wildman–Crippen LogP) is 2.12. The number of benzene rings is 1. The van der Waals surface area contributed by atoms with Crippen LogP contribution in [-0.2, 0) is 24.4 Å². The summed E-state index contributed by atoms with van der Waals surface area (Å²) in [5.41, 5.74) is 2.04. The normalized spacial score (nSPS) is 10.8. The zero-order valence-electron chi connectivity index (χ0n) is 13.1. The van der Waals surface area contributed by atoms with Gasteiger partial charge in [0.2, 0.25) is 5.95 Å². The third-order valence-corrected chi connectivity index (χ3v) is 3.64. The maximum absolute atomic E-state index is 5.38. The van der Waals surface area contributed by atoms with Crippen LogP contribution in [-0.4, -0.2) is 32.8 Å². The number of nitrogens with one attached hydrogen (secondary N) is 1. The molecular formula is C17H19N5O. The van der Waals surface area contributed by atoms with Crippen molar-refractivity contribution < 1.29 is 4.74 Å². The second-order valence-corrected chi connectivity index (χ2v) is 5.10. The zero-order chi connectivity index (χ0) is 16.1. The highest BCUT2D eigenvalue weighted by Crippen LogP contribution is 2.19. The quantitative estimate of drug-likeness (QED) is 0.679. The lowest BCUT2D eigenvalue weighted by Crippen LogP contribution is -2.13. The van der Waals surface area contributed by atoms with Crippen LogP contribution in [0.5, 0.6) is 0 Å². The van der Waals surface area contributed by atoms with E-state index in [-0.39, 0.29) is 0 Å². The van der Waals surface area contributed by atoms with Crippen molar-refractivity contribution in [2.75, 3.05) is 19.0 Å². The van der Waals surface area contributed by atoms with E-state index < -0.39 is 0 Å². The average Bonchev–Trinajstić information content (AvgIpc) is 3.15. The highest BCUT2D eigenvalue weighted by Gasteiger charge is 2.11. The Hall–Kier alpha value is -2.78. The number of hydrogen-bond donors (Lipinski definition) is 1. The Balaban J connectivity index is 1.84. The number of ether oxygens (including phenoxy) is 1. The van der Waals surface area contributed by atoms with Crippen LogP contribution in [0.1, 0.15) is 5.82 Å². The van der Waals surface area contributed by atoms with Gasteiger partial charge in [-0.15, -0.1) is 6.42 Å². The number of aromatic nitrogens is 4. The van der Waals surface area contributed by atoms with E-state index >= 15 is 0 Å². The monoisotopic (exact) mass is 309 g/mol. The van der Waals surface area contributed by atoms with E-state index in [2.05, 4.69) is 31.8 Å². The fourth-order valence-electron chi connectivity index (χ4n) is 2.53. The van der Waals surface area contributed by atoms with E-state index in [0.29, 0.717) is 19.7 Å². The number of terminal acetylenes is 1. The van der Waals surface area contributed by atoms with Crippen molar-refractivity contribution in [2.45, 2.75) is 19.6 Å². The molecule has 23 heavy (non-hydrogen) atoms. The van der Waals surface area contributed by atoms with Gasteiger partial charge in [0.25, 0.3) is 0 Å².